The Morgan fingerprint density at radius 3 is 2.30 bits per heavy atom. The number of halogens is 1. The van der Waals surface area contributed by atoms with Gasteiger partial charge in [-0.25, -0.2) is 9.79 Å². The number of carbonyl (C=O) groups excluding carboxylic acids is 1. The molecule has 0 fully saturated rings. The van der Waals surface area contributed by atoms with Crippen LogP contribution in [-0.2, 0) is 4.79 Å². The van der Waals surface area contributed by atoms with Crippen molar-refractivity contribution in [1.29, 1.82) is 0 Å². The van der Waals surface area contributed by atoms with Gasteiger partial charge in [0.2, 0.25) is 0 Å². The van der Waals surface area contributed by atoms with Crippen LogP contribution in [-0.4, -0.2) is 30.9 Å². The first kappa shape index (κ1) is 31.8. The maximum Gasteiger partial charge on any atom is 0.343 e. The number of thiazole rings is 1. The highest BCUT2D eigenvalue weighted by Crippen LogP contribution is 2.37. The summed E-state index contributed by atoms with van der Waals surface area (Å²) in [4.78, 5) is 32.8. The quantitative estimate of drug-likeness (QED) is 0.0992. The van der Waals surface area contributed by atoms with Crippen LogP contribution in [0.2, 0.25) is 5.02 Å². The second-order valence-electron chi connectivity index (χ2n) is 10.7. The fraction of sp³-hybridized carbons (Fsp3) is 0.162. The minimum Gasteiger partial charge on any atom is -0.493 e. The molecule has 0 aliphatic carbocycles. The zero-order valence-corrected chi connectivity index (χ0v) is 27.5. The minimum atomic E-state index is -0.734. The Labute approximate surface area is 280 Å². The Hall–Kier alpha value is -5.12. The van der Waals surface area contributed by atoms with Gasteiger partial charge < -0.3 is 18.9 Å². The molecule has 0 amide bonds. The minimum absolute atomic E-state index is 0.246. The van der Waals surface area contributed by atoms with Gasteiger partial charge in [-0.1, -0.05) is 89.2 Å². The summed E-state index contributed by atoms with van der Waals surface area (Å²) in [6, 6.07) is 28.7. The van der Waals surface area contributed by atoms with Crippen LogP contribution in [0, 0.1) is 6.92 Å². The maximum absolute atomic E-state index is 14.1. The maximum atomic E-state index is 14.1. The van der Waals surface area contributed by atoms with Crippen molar-refractivity contribution in [3.8, 4) is 23.0 Å². The summed E-state index contributed by atoms with van der Waals surface area (Å²) in [5.41, 5.74) is 3.01. The van der Waals surface area contributed by atoms with Gasteiger partial charge in [0, 0.05) is 0 Å². The number of hydrogen-bond donors (Lipinski definition) is 0. The van der Waals surface area contributed by atoms with E-state index in [0.29, 0.717) is 49.5 Å². The third-order valence-corrected chi connectivity index (χ3v) is 8.74. The largest absolute Gasteiger partial charge is 0.493 e. The normalized spacial score (nSPS) is 14.3. The average molecular weight is 667 g/mol. The fourth-order valence-electron chi connectivity index (χ4n) is 5.24. The van der Waals surface area contributed by atoms with E-state index in [1.807, 2.05) is 67.6 Å². The van der Waals surface area contributed by atoms with Crippen molar-refractivity contribution < 1.29 is 23.7 Å². The molecule has 0 N–H and O–H groups in total. The summed E-state index contributed by atoms with van der Waals surface area (Å²) in [5.74, 6) is 1.37. The van der Waals surface area contributed by atoms with Gasteiger partial charge in [-0.3, -0.25) is 9.36 Å². The molecule has 6 rings (SSSR count). The zero-order valence-electron chi connectivity index (χ0n) is 25.9. The van der Waals surface area contributed by atoms with Gasteiger partial charge in [0.15, 0.2) is 16.3 Å². The molecular weight excluding hydrogens is 636 g/mol. The molecule has 8 nitrogen and oxygen atoms in total. The van der Waals surface area contributed by atoms with E-state index in [1.54, 1.807) is 54.0 Å². The predicted octanol–water partition coefficient (Wildman–Crippen LogP) is 6.27. The van der Waals surface area contributed by atoms with E-state index < -0.39 is 12.0 Å². The number of fused-ring (bicyclic) bond motifs is 1. The summed E-state index contributed by atoms with van der Waals surface area (Å²) in [6.07, 6.45) is 1.73. The predicted molar refractivity (Wildman–Crippen MR) is 182 cm³/mol. The van der Waals surface area contributed by atoms with Gasteiger partial charge in [0.05, 0.1) is 34.0 Å². The van der Waals surface area contributed by atoms with E-state index >= 15 is 0 Å². The van der Waals surface area contributed by atoms with E-state index in [1.165, 1.54) is 18.4 Å². The van der Waals surface area contributed by atoms with Crippen LogP contribution in [0.1, 0.15) is 29.7 Å². The molecular formula is C37H31ClN2O6S. The van der Waals surface area contributed by atoms with Gasteiger partial charge in [-0.2, -0.15) is 0 Å². The Balaban J connectivity index is 1.31. The SMILES string of the molecule is COc1cc(/C=c2/sc3n(c2=O)[C@@H](c2ccccc2)C(C(=O)Oc2ccccc2)=C(C)N=3)cc(Cl)c1OCCOc1ccc(C)cc1. The van der Waals surface area contributed by atoms with E-state index in [-0.39, 0.29) is 17.7 Å². The molecule has 1 aromatic heterocycles. The van der Waals surface area contributed by atoms with Crippen molar-refractivity contribution in [1.82, 2.24) is 4.57 Å². The molecule has 2 heterocycles. The number of methoxy groups -OCH3 is 1. The number of hydrogen-bond acceptors (Lipinski definition) is 8. The average Bonchev–Trinajstić information content (AvgIpc) is 3.38. The Bertz CT molecular complexity index is 2120. The first-order valence-electron chi connectivity index (χ1n) is 14.9. The summed E-state index contributed by atoms with van der Waals surface area (Å²) in [5, 5.41) is 0.322. The lowest BCUT2D eigenvalue weighted by atomic mass is 9.96. The molecule has 0 saturated heterocycles. The highest BCUT2D eigenvalue weighted by atomic mass is 35.5. The molecule has 0 radical (unpaired) electrons. The number of aromatic nitrogens is 1. The fourth-order valence-corrected chi connectivity index (χ4v) is 6.56. The third kappa shape index (κ3) is 7.01. The molecule has 1 aliphatic heterocycles. The Morgan fingerprint density at radius 2 is 1.60 bits per heavy atom. The highest BCUT2D eigenvalue weighted by Gasteiger charge is 2.33. The van der Waals surface area contributed by atoms with Crippen molar-refractivity contribution in [3.63, 3.8) is 0 Å². The standard InChI is InChI=1S/C37H31ClN2O6S/c1-23-14-16-27(17-15-23)44-18-19-45-34-29(38)20-25(21-30(34)43-3)22-31-35(41)40-33(26-10-6-4-7-11-26)32(24(2)39-37(40)47-31)36(42)46-28-12-8-5-9-13-28/h4-17,20-22,33H,18-19H2,1-3H3/b31-22+/t33-/m0/s1. The second-order valence-corrected chi connectivity index (χ2v) is 12.2. The van der Waals surface area contributed by atoms with Crippen LogP contribution in [0.15, 0.2) is 118 Å². The number of ether oxygens (including phenoxy) is 4. The first-order valence-corrected chi connectivity index (χ1v) is 16.1. The molecule has 238 valence electrons. The van der Waals surface area contributed by atoms with Gasteiger partial charge in [0.25, 0.3) is 5.56 Å². The topological polar surface area (TPSA) is 88.4 Å². The van der Waals surface area contributed by atoms with Crippen molar-refractivity contribution in [3.05, 3.63) is 150 Å². The number of aryl methyl sites for hydroxylation is 1. The first-order chi connectivity index (χ1) is 22.8. The number of allylic oxidation sites excluding steroid dienone is 1. The monoisotopic (exact) mass is 666 g/mol. The smallest absolute Gasteiger partial charge is 0.343 e. The molecule has 5 aromatic rings. The molecule has 10 heteroatoms. The van der Waals surface area contributed by atoms with Crippen LogP contribution < -0.4 is 33.8 Å². The molecule has 4 aromatic carbocycles. The Kier molecular flexibility index (Phi) is 9.56. The number of rotatable bonds is 10. The summed E-state index contributed by atoms with van der Waals surface area (Å²) in [7, 11) is 1.53. The zero-order chi connectivity index (χ0) is 32.9. The van der Waals surface area contributed by atoms with E-state index in [2.05, 4.69) is 4.99 Å². The lowest BCUT2D eigenvalue weighted by Gasteiger charge is -2.24. The van der Waals surface area contributed by atoms with Crippen molar-refractivity contribution in [2.24, 2.45) is 4.99 Å². The van der Waals surface area contributed by atoms with Crippen LogP contribution >= 0.6 is 22.9 Å². The number of para-hydroxylation sites is 1. The molecule has 47 heavy (non-hydrogen) atoms. The van der Waals surface area contributed by atoms with Crippen LogP contribution in [0.5, 0.6) is 23.0 Å². The van der Waals surface area contributed by atoms with Crippen LogP contribution in [0.25, 0.3) is 6.08 Å². The molecule has 0 unspecified atom stereocenters. The van der Waals surface area contributed by atoms with Gasteiger partial charge >= 0.3 is 5.97 Å². The lowest BCUT2D eigenvalue weighted by Crippen LogP contribution is -2.40. The molecule has 0 saturated carbocycles. The van der Waals surface area contributed by atoms with E-state index in [9.17, 15) is 9.59 Å². The summed E-state index contributed by atoms with van der Waals surface area (Å²) < 4.78 is 25.0. The molecule has 1 aliphatic rings. The molecule has 0 spiro atoms. The van der Waals surface area contributed by atoms with Crippen LogP contribution in [0.4, 0.5) is 0 Å². The number of carbonyl (C=O) groups is 1. The second kappa shape index (κ2) is 14.1. The summed E-state index contributed by atoms with van der Waals surface area (Å²) in [6.45, 7) is 4.33. The van der Waals surface area contributed by atoms with Gasteiger partial charge in [-0.05, 0) is 67.4 Å². The number of nitrogens with zero attached hydrogens (tertiary/aromatic N) is 2. The lowest BCUT2D eigenvalue weighted by molar-refractivity contribution is -0.130. The molecule has 1 atom stereocenters. The summed E-state index contributed by atoms with van der Waals surface area (Å²) >= 11 is 7.88. The van der Waals surface area contributed by atoms with Crippen LogP contribution in [0.3, 0.4) is 0 Å². The van der Waals surface area contributed by atoms with E-state index in [0.717, 1.165) is 16.9 Å². The van der Waals surface area contributed by atoms with Gasteiger partial charge in [0.1, 0.15) is 24.7 Å². The number of esters is 1. The molecule has 0 bridgehead atoms. The number of benzene rings is 4. The van der Waals surface area contributed by atoms with Crippen molar-refractivity contribution >= 4 is 35.0 Å². The highest BCUT2D eigenvalue weighted by molar-refractivity contribution is 7.07. The van der Waals surface area contributed by atoms with E-state index in [4.69, 9.17) is 30.5 Å². The van der Waals surface area contributed by atoms with Crippen molar-refractivity contribution in [2.45, 2.75) is 19.9 Å². The third-order valence-electron chi connectivity index (χ3n) is 7.48. The Morgan fingerprint density at radius 1 is 0.915 bits per heavy atom. The van der Waals surface area contributed by atoms with Crippen molar-refractivity contribution in [2.75, 3.05) is 20.3 Å². The van der Waals surface area contributed by atoms with Gasteiger partial charge in [-0.15, -0.1) is 0 Å².